The molecule has 2 saturated carbocycles. The number of nitrogens with zero attached hydrogens (tertiary/aromatic N) is 4. The van der Waals surface area contributed by atoms with E-state index in [-0.39, 0.29) is 51.0 Å². The fraction of sp³-hybridized carbons (Fsp3) is 0.500. The van der Waals surface area contributed by atoms with Crippen LogP contribution in [0.4, 0.5) is 17.1 Å². The normalized spacial score (nSPS) is 24.1. The van der Waals surface area contributed by atoms with Crippen molar-refractivity contribution in [2.24, 2.45) is 16.5 Å². The van der Waals surface area contributed by atoms with Crippen molar-refractivity contribution in [2.75, 3.05) is 56.2 Å². The molecule has 1 amide bonds. The SMILES string of the molecule is CC(C)c1ccccc1[C@@H]1CCC[C@@H]1N1CC2(CCN(c3ccc(C(=O)NS(=O)(=O)c4ccc(NCC5CCC(C)(O)CC5)c(N=O)c4)c(Oc4cc5cc[nH]c5nc4OC4COC4)c3)CC2)C1. The lowest BCUT2D eigenvalue weighted by atomic mass is 9.70. The summed E-state index contributed by atoms with van der Waals surface area (Å²) in [5.41, 5.74) is 4.31. The number of fused-ring (bicyclic) bond motifs is 1. The van der Waals surface area contributed by atoms with Gasteiger partial charge in [0.25, 0.3) is 21.8 Å². The molecule has 0 unspecified atom stereocenters. The van der Waals surface area contributed by atoms with E-state index in [9.17, 15) is 23.2 Å². The first-order valence-electron chi connectivity index (χ1n) is 24.4. The van der Waals surface area contributed by atoms with Crippen molar-refractivity contribution in [3.05, 3.63) is 101 Å². The number of benzene rings is 3. The van der Waals surface area contributed by atoms with E-state index in [0.29, 0.717) is 61.8 Å². The van der Waals surface area contributed by atoms with Gasteiger partial charge >= 0.3 is 0 Å². The minimum Gasteiger partial charge on any atom is -0.467 e. The lowest BCUT2D eigenvalue weighted by molar-refractivity contribution is -0.0818. The van der Waals surface area contributed by atoms with Crippen molar-refractivity contribution >= 4 is 44.0 Å². The molecule has 3 aliphatic heterocycles. The summed E-state index contributed by atoms with van der Waals surface area (Å²) < 4.78 is 48.2. The standard InChI is InChI=1S/C52H63N7O8S/c1-33(2)39-7-4-5-8-40(39)41-9-6-10-45(41)59-31-52(32-59)20-23-58(24-21-52)36-11-13-42(46(26-36)67-47-25-35-17-22-53-48(35)55-50(47)66-37-29-65-30-37)49(60)57-68(63,64)38-12-14-43(44(27-38)56-62)54-28-34-15-18-51(3,61)19-16-34/h4-5,7-8,11-14,17,22,25-27,33-34,37,41,45,54,61H,6,9-10,15-16,18-21,23-24,28-32H2,1-3H3,(H,53,55)(H,57,60)/t34?,41-,45-,51?/m0/s1. The van der Waals surface area contributed by atoms with E-state index in [4.69, 9.17) is 14.2 Å². The molecule has 5 aromatic rings. The van der Waals surface area contributed by atoms with Crippen LogP contribution in [0.3, 0.4) is 0 Å². The number of hydrogen-bond donors (Lipinski definition) is 4. The van der Waals surface area contributed by atoms with Crippen LogP contribution in [0.5, 0.6) is 17.4 Å². The number of hydrogen-bond acceptors (Lipinski definition) is 13. The first-order chi connectivity index (χ1) is 32.7. The molecule has 2 atom stereocenters. The zero-order valence-corrected chi connectivity index (χ0v) is 40.0. The number of piperidine rings is 1. The molecule has 0 bridgehead atoms. The molecule has 68 heavy (non-hydrogen) atoms. The van der Waals surface area contributed by atoms with Crippen LogP contribution in [-0.2, 0) is 14.8 Å². The van der Waals surface area contributed by atoms with Gasteiger partial charge in [-0.25, -0.2) is 13.1 Å². The summed E-state index contributed by atoms with van der Waals surface area (Å²) in [5.74, 6) is 1.04. The van der Waals surface area contributed by atoms with Gasteiger partial charge in [-0.3, -0.25) is 9.69 Å². The number of amides is 1. The molecule has 10 rings (SSSR count). The van der Waals surface area contributed by atoms with Crippen LogP contribution < -0.4 is 24.4 Å². The molecule has 1 spiro atoms. The predicted molar refractivity (Wildman–Crippen MR) is 262 cm³/mol. The molecule has 3 saturated heterocycles. The van der Waals surface area contributed by atoms with Crippen LogP contribution in [0.2, 0.25) is 0 Å². The lowest BCUT2D eigenvalue weighted by Gasteiger charge is -2.57. The van der Waals surface area contributed by atoms with Gasteiger partial charge in [-0.15, -0.1) is 4.91 Å². The Morgan fingerprint density at radius 1 is 0.971 bits per heavy atom. The Kier molecular flexibility index (Phi) is 12.7. The predicted octanol–water partition coefficient (Wildman–Crippen LogP) is 9.36. The van der Waals surface area contributed by atoms with Crippen LogP contribution in [0.1, 0.15) is 112 Å². The van der Waals surface area contributed by atoms with Gasteiger partial charge in [0.1, 0.15) is 23.2 Å². The van der Waals surface area contributed by atoms with Gasteiger partial charge in [0.05, 0.1) is 35.0 Å². The zero-order valence-electron chi connectivity index (χ0n) is 39.2. The minimum absolute atomic E-state index is 0.0174. The molecule has 0 radical (unpaired) electrons. The third-order valence-corrected chi connectivity index (χ3v) is 16.7. The second kappa shape index (κ2) is 18.7. The van der Waals surface area contributed by atoms with E-state index in [2.05, 4.69) is 73.1 Å². The van der Waals surface area contributed by atoms with E-state index in [1.54, 1.807) is 24.4 Å². The molecule has 2 aliphatic carbocycles. The number of carbonyl (C=O) groups is 1. The number of aliphatic hydroxyl groups is 1. The average Bonchev–Trinajstić information content (AvgIpc) is 3.99. The van der Waals surface area contributed by atoms with E-state index in [1.807, 2.05) is 19.1 Å². The van der Waals surface area contributed by atoms with Crippen molar-refractivity contribution in [3.8, 4) is 17.4 Å². The Bertz CT molecular complexity index is 2760. The largest absolute Gasteiger partial charge is 0.467 e. The van der Waals surface area contributed by atoms with Gasteiger partial charge in [0.15, 0.2) is 5.75 Å². The molecule has 16 heteroatoms. The molecule has 5 aliphatic rings. The summed E-state index contributed by atoms with van der Waals surface area (Å²) >= 11 is 0. The summed E-state index contributed by atoms with van der Waals surface area (Å²) in [4.78, 5) is 38.8. The summed E-state index contributed by atoms with van der Waals surface area (Å²) in [7, 11) is -4.49. The number of ether oxygens (including phenoxy) is 3. The monoisotopic (exact) mass is 945 g/mol. The number of nitrogens with one attached hydrogen (secondary N) is 3. The third kappa shape index (κ3) is 9.57. The number of anilines is 2. The number of sulfonamides is 1. The molecule has 2 aromatic heterocycles. The van der Waals surface area contributed by atoms with E-state index in [0.717, 1.165) is 69.0 Å². The number of nitroso groups, excluding NO2 is 1. The topological polar surface area (TPSA) is 188 Å². The molecular weight excluding hydrogens is 883 g/mol. The van der Waals surface area contributed by atoms with Gasteiger partial charge in [-0.2, -0.15) is 4.98 Å². The molecule has 3 aromatic carbocycles. The maximum atomic E-state index is 14.2. The van der Waals surface area contributed by atoms with E-state index >= 15 is 0 Å². The first-order valence-corrected chi connectivity index (χ1v) is 25.9. The Balaban J connectivity index is 0.867. The van der Waals surface area contributed by atoms with Gasteiger partial charge < -0.3 is 34.5 Å². The molecule has 4 N–H and O–H groups in total. The Labute approximate surface area is 398 Å². The summed E-state index contributed by atoms with van der Waals surface area (Å²) in [6, 6.07) is 22.5. The Hall–Kier alpha value is -5.55. The van der Waals surface area contributed by atoms with Crippen molar-refractivity contribution in [1.82, 2.24) is 19.6 Å². The molecule has 360 valence electrons. The lowest BCUT2D eigenvalue weighted by Crippen LogP contribution is -2.63. The smallest absolute Gasteiger partial charge is 0.268 e. The van der Waals surface area contributed by atoms with Gasteiger partial charge in [0.2, 0.25) is 0 Å². The summed E-state index contributed by atoms with van der Waals surface area (Å²) in [5, 5.41) is 17.5. The van der Waals surface area contributed by atoms with Crippen LogP contribution >= 0.6 is 0 Å². The highest BCUT2D eigenvalue weighted by Crippen LogP contribution is 2.49. The zero-order chi connectivity index (χ0) is 47.2. The number of pyridine rings is 1. The summed E-state index contributed by atoms with van der Waals surface area (Å²) in [6.45, 7) is 11.6. The van der Waals surface area contributed by atoms with E-state index < -0.39 is 21.5 Å². The second-order valence-corrected chi connectivity index (χ2v) is 22.3. The van der Waals surface area contributed by atoms with E-state index in [1.165, 1.54) is 42.5 Å². The number of aromatic amines is 1. The maximum Gasteiger partial charge on any atom is 0.268 e. The average molecular weight is 946 g/mol. The fourth-order valence-electron chi connectivity index (χ4n) is 11.3. The quantitative estimate of drug-likeness (QED) is 0.0730. The van der Waals surface area contributed by atoms with Crippen LogP contribution in [0.15, 0.2) is 89.1 Å². The summed E-state index contributed by atoms with van der Waals surface area (Å²) in [6.07, 6.45) is 10.4. The molecule has 15 nitrogen and oxygen atoms in total. The number of rotatable bonds is 15. The first kappa shape index (κ1) is 46.2. The number of aromatic nitrogens is 2. The van der Waals surface area contributed by atoms with Crippen molar-refractivity contribution in [2.45, 2.75) is 113 Å². The van der Waals surface area contributed by atoms with Crippen molar-refractivity contribution in [1.29, 1.82) is 0 Å². The maximum absolute atomic E-state index is 14.2. The van der Waals surface area contributed by atoms with Crippen molar-refractivity contribution < 1.29 is 32.5 Å². The van der Waals surface area contributed by atoms with Gasteiger partial charge in [-0.05, 0) is 140 Å². The highest BCUT2D eigenvalue weighted by molar-refractivity contribution is 7.90. The van der Waals surface area contributed by atoms with Gasteiger partial charge in [-0.1, -0.05) is 44.5 Å². The Morgan fingerprint density at radius 3 is 2.49 bits per heavy atom. The highest BCUT2D eigenvalue weighted by Gasteiger charge is 2.49. The van der Waals surface area contributed by atoms with Gasteiger partial charge in [0, 0.05) is 62.1 Å². The van der Waals surface area contributed by atoms with Crippen LogP contribution in [0.25, 0.3) is 11.0 Å². The van der Waals surface area contributed by atoms with Crippen LogP contribution in [-0.4, -0.2) is 98.0 Å². The second-order valence-electron chi connectivity index (χ2n) is 20.6. The van der Waals surface area contributed by atoms with Crippen LogP contribution in [0, 0.1) is 16.2 Å². The number of H-pyrrole nitrogens is 1. The molecule has 5 fully saturated rings. The van der Waals surface area contributed by atoms with Crippen molar-refractivity contribution in [3.63, 3.8) is 0 Å². The number of likely N-dealkylation sites (tertiary alicyclic amines) is 1. The third-order valence-electron chi connectivity index (χ3n) is 15.4. The minimum atomic E-state index is -4.49. The fourth-order valence-corrected chi connectivity index (χ4v) is 12.2. The Morgan fingerprint density at radius 2 is 1.75 bits per heavy atom. The number of carbonyl (C=O) groups excluding carboxylic acids is 1. The molecule has 5 heterocycles. The highest BCUT2D eigenvalue weighted by atomic mass is 32.2. The molecular formula is C52H63N7O8S.